The molecule has 0 fully saturated rings. The number of rotatable bonds is 0. The Morgan fingerprint density at radius 2 is 1.89 bits per heavy atom. The van der Waals surface area contributed by atoms with Crippen molar-refractivity contribution in [1.29, 1.82) is 0 Å². The van der Waals surface area contributed by atoms with E-state index in [-0.39, 0.29) is 0 Å². The second-order valence-electron chi connectivity index (χ2n) is 1.69. The summed E-state index contributed by atoms with van der Waals surface area (Å²) in [7, 11) is 0. The highest BCUT2D eigenvalue weighted by Gasteiger charge is 2.14. The molecule has 0 spiro atoms. The highest BCUT2D eigenvalue weighted by molar-refractivity contribution is 6.35. The van der Waals surface area contributed by atoms with Crippen LogP contribution in [0.3, 0.4) is 0 Å². The van der Waals surface area contributed by atoms with E-state index in [4.69, 9.17) is 11.6 Å². The van der Waals surface area contributed by atoms with Gasteiger partial charge in [-0.15, -0.1) is 12.8 Å². The highest BCUT2D eigenvalue weighted by Crippen LogP contribution is 2.40. The van der Waals surface area contributed by atoms with Crippen molar-refractivity contribution in [3.63, 3.8) is 0 Å². The maximum Gasteiger partial charge on any atom is 0.0484 e. The summed E-state index contributed by atoms with van der Waals surface area (Å²) in [6, 6.07) is 6.02. The van der Waals surface area contributed by atoms with Crippen molar-refractivity contribution in [2.24, 2.45) is 0 Å². The molecule has 0 aromatic rings. The van der Waals surface area contributed by atoms with Crippen molar-refractivity contribution in [3.05, 3.63) is 23.2 Å². The molecular weight excluding hydrogens is 132 g/mol. The van der Waals surface area contributed by atoms with Crippen LogP contribution in [0.4, 0.5) is 0 Å². The van der Waals surface area contributed by atoms with E-state index in [1.54, 1.807) is 0 Å². The fraction of sp³-hybridized carbons (Fsp3) is 0. The van der Waals surface area contributed by atoms with Crippen LogP contribution >= 0.6 is 11.6 Å². The lowest BCUT2D eigenvalue weighted by atomic mass is 10.5. The Morgan fingerprint density at radius 1 is 1.22 bits per heavy atom. The van der Waals surface area contributed by atoms with Gasteiger partial charge in [-0.1, -0.05) is 17.7 Å². The van der Waals surface area contributed by atoms with Gasteiger partial charge in [-0.05, 0) is 17.7 Å². The molecule has 0 unspecified atom stereocenters. The third-order valence-corrected chi connectivity index (χ3v) is 1.52. The number of hydrogen-bond acceptors (Lipinski definition) is 0. The maximum absolute atomic E-state index is 5.65. The van der Waals surface area contributed by atoms with Crippen LogP contribution in [0.15, 0.2) is 18.2 Å². The molecule has 0 radical (unpaired) electrons. The summed E-state index contributed by atoms with van der Waals surface area (Å²) >= 11 is 5.65. The van der Waals surface area contributed by atoms with Gasteiger partial charge in [-0.3, -0.25) is 0 Å². The molecule has 0 saturated heterocycles. The molecule has 0 aliphatic heterocycles. The first-order valence-corrected chi connectivity index (χ1v) is 2.89. The van der Waals surface area contributed by atoms with Gasteiger partial charge in [0, 0.05) is 10.6 Å². The zero-order valence-corrected chi connectivity index (χ0v) is 5.52. The molecule has 9 heavy (non-hydrogen) atoms. The summed E-state index contributed by atoms with van der Waals surface area (Å²) in [6.07, 6.45) is 8.00. The number of hydrogen-bond donors (Lipinski definition) is 0. The zero-order valence-electron chi connectivity index (χ0n) is 4.76. The van der Waals surface area contributed by atoms with E-state index < -0.39 is 0 Å². The largest absolute Gasteiger partial charge is 0.124 e. The lowest BCUT2D eigenvalue weighted by Crippen LogP contribution is -1.39. The summed E-state index contributed by atoms with van der Waals surface area (Å²) in [4.78, 5) is 0. The van der Waals surface area contributed by atoms with Crippen LogP contribution < -0.4 is 0 Å². The number of terminal acetylenes is 1. The van der Waals surface area contributed by atoms with E-state index in [0.29, 0.717) is 0 Å². The third kappa shape index (κ3) is 0.918. The van der Waals surface area contributed by atoms with Gasteiger partial charge in [0.05, 0.1) is 0 Å². The molecule has 2 rings (SSSR count). The Bertz CT molecular complexity index is 248. The lowest BCUT2D eigenvalue weighted by Gasteiger charge is -1.68. The van der Waals surface area contributed by atoms with Gasteiger partial charge in [0.15, 0.2) is 0 Å². The van der Waals surface area contributed by atoms with Crippen LogP contribution in [-0.4, -0.2) is 0 Å². The molecule has 0 heterocycles. The summed E-state index contributed by atoms with van der Waals surface area (Å²) in [5, 5.41) is 0.898. The van der Waals surface area contributed by atoms with E-state index in [1.807, 2.05) is 12.1 Å². The van der Waals surface area contributed by atoms with E-state index in [2.05, 4.69) is 18.9 Å². The summed E-state index contributed by atoms with van der Waals surface area (Å²) < 4.78 is 0. The van der Waals surface area contributed by atoms with Gasteiger partial charge >= 0.3 is 0 Å². The number of fused-ring (bicyclic) bond motifs is 1. The predicted octanol–water partition coefficient (Wildman–Crippen LogP) is 2.57. The third-order valence-electron chi connectivity index (χ3n) is 1.19. The summed E-state index contributed by atoms with van der Waals surface area (Å²) in [6.45, 7) is 0. The minimum Gasteiger partial charge on any atom is -0.124 e. The van der Waals surface area contributed by atoms with Crippen molar-refractivity contribution in [1.82, 2.24) is 0 Å². The van der Waals surface area contributed by atoms with Crippen LogP contribution in [0.1, 0.15) is 0 Å². The standard InChI is InChI=1S/C6H3Cl.C2H2/c7-6-2-1-4-3-5(4)6;1-2/h1-3H;1-2H. The fourth-order valence-corrected chi connectivity index (χ4v) is 0.944. The maximum atomic E-state index is 5.65. The molecule has 44 valence electrons. The van der Waals surface area contributed by atoms with Gasteiger partial charge in [-0.25, -0.2) is 0 Å². The molecule has 0 saturated carbocycles. The molecule has 1 heteroatoms. The monoisotopic (exact) mass is 136 g/mol. The lowest BCUT2D eigenvalue weighted by molar-refractivity contribution is 2.00. The van der Waals surface area contributed by atoms with Crippen molar-refractivity contribution in [2.75, 3.05) is 0 Å². The zero-order chi connectivity index (χ0) is 6.85. The molecule has 2 aliphatic carbocycles. The number of halogens is 1. The second kappa shape index (κ2) is 2.13. The molecule has 0 aromatic heterocycles. The Morgan fingerprint density at radius 3 is 2.00 bits per heavy atom. The average molecular weight is 137 g/mol. The second-order valence-corrected chi connectivity index (χ2v) is 2.10. The molecule has 0 nitrogen and oxygen atoms in total. The highest BCUT2D eigenvalue weighted by atomic mass is 35.5. The molecule has 0 N–H and O–H groups in total. The minimum absolute atomic E-state index is 0.898. The first-order chi connectivity index (χ1) is 4.38. The van der Waals surface area contributed by atoms with Gasteiger partial charge in [0.25, 0.3) is 0 Å². The summed E-state index contributed by atoms with van der Waals surface area (Å²) in [5.74, 6) is 0. The first kappa shape index (κ1) is 6.19. The Labute approximate surface area is 59.5 Å². The SMILES string of the molecule is C#C.Clc1ccc2cc1-2. The van der Waals surface area contributed by atoms with E-state index in [1.165, 1.54) is 11.1 Å². The van der Waals surface area contributed by atoms with Crippen molar-refractivity contribution < 1.29 is 0 Å². The predicted molar refractivity (Wildman–Crippen MR) is 40.3 cm³/mol. The van der Waals surface area contributed by atoms with Gasteiger partial charge in [0.1, 0.15) is 0 Å². The van der Waals surface area contributed by atoms with Crippen molar-refractivity contribution in [3.8, 4) is 24.0 Å². The molecule has 0 atom stereocenters. The van der Waals surface area contributed by atoms with Crippen molar-refractivity contribution in [2.45, 2.75) is 0 Å². The van der Waals surface area contributed by atoms with Crippen LogP contribution in [0.2, 0.25) is 5.02 Å². The molecular formula is C8H5Cl. The fourth-order valence-electron chi connectivity index (χ4n) is 0.717. The molecule has 0 aromatic carbocycles. The Balaban J connectivity index is 0.000000186. The van der Waals surface area contributed by atoms with E-state index in [9.17, 15) is 0 Å². The van der Waals surface area contributed by atoms with Gasteiger partial charge < -0.3 is 0 Å². The van der Waals surface area contributed by atoms with Crippen molar-refractivity contribution >= 4 is 11.6 Å². The Hall–Kier alpha value is -0.930. The van der Waals surface area contributed by atoms with Crippen LogP contribution in [0, 0.1) is 12.8 Å². The van der Waals surface area contributed by atoms with Gasteiger partial charge in [-0.2, -0.15) is 0 Å². The van der Waals surface area contributed by atoms with E-state index in [0.717, 1.165) is 5.02 Å². The smallest absolute Gasteiger partial charge is 0.0484 e. The molecule has 2 aliphatic rings. The average Bonchev–Trinajstić information content (AvgIpc) is 2.61. The normalized spacial score (nSPS) is 9.22. The number of benzene rings is 1. The van der Waals surface area contributed by atoms with Crippen LogP contribution in [0.25, 0.3) is 11.1 Å². The van der Waals surface area contributed by atoms with Crippen LogP contribution in [-0.2, 0) is 0 Å². The minimum atomic E-state index is 0.898. The van der Waals surface area contributed by atoms with Crippen LogP contribution in [0.5, 0.6) is 0 Å². The van der Waals surface area contributed by atoms with E-state index >= 15 is 0 Å². The molecule has 0 amide bonds. The summed E-state index contributed by atoms with van der Waals surface area (Å²) in [5.41, 5.74) is 2.55. The first-order valence-electron chi connectivity index (χ1n) is 2.51. The van der Waals surface area contributed by atoms with Gasteiger partial charge in [0.2, 0.25) is 0 Å². The quantitative estimate of drug-likeness (QED) is 0.489. The molecule has 0 bridgehead atoms. The topological polar surface area (TPSA) is 0 Å². The Kier molecular flexibility index (Phi) is 1.46.